The van der Waals surface area contributed by atoms with Gasteiger partial charge >= 0.3 is 5.69 Å². The standard InChI is InChI=1S/C14H17N3O2/c1-14(2,3)12-6-4-11(5-7-12)9-16-10-13(8-15-16)17(18)19/h4-8,10H,9H2,1-3H3. The molecule has 5 heteroatoms. The fourth-order valence-electron chi connectivity index (χ4n) is 1.83. The van der Waals surface area contributed by atoms with E-state index in [1.54, 1.807) is 4.68 Å². The van der Waals surface area contributed by atoms with Crippen LogP contribution in [0.3, 0.4) is 0 Å². The molecule has 1 aromatic heterocycles. The minimum absolute atomic E-state index is 0.0197. The molecule has 0 spiro atoms. The zero-order valence-electron chi connectivity index (χ0n) is 11.3. The second kappa shape index (κ2) is 4.84. The molecule has 2 aromatic rings. The molecular weight excluding hydrogens is 242 g/mol. The molecule has 100 valence electrons. The van der Waals surface area contributed by atoms with E-state index in [0.29, 0.717) is 6.54 Å². The Balaban J connectivity index is 2.13. The molecule has 1 aromatic carbocycles. The third kappa shape index (κ3) is 3.19. The summed E-state index contributed by atoms with van der Waals surface area (Å²) in [7, 11) is 0. The van der Waals surface area contributed by atoms with Crippen molar-refractivity contribution >= 4 is 5.69 Å². The maximum atomic E-state index is 10.6. The summed E-state index contributed by atoms with van der Waals surface area (Å²) in [6.45, 7) is 7.04. The van der Waals surface area contributed by atoms with E-state index < -0.39 is 4.92 Å². The highest BCUT2D eigenvalue weighted by Crippen LogP contribution is 2.22. The molecule has 1 heterocycles. The molecule has 0 saturated carbocycles. The highest BCUT2D eigenvalue weighted by molar-refractivity contribution is 5.28. The number of nitro groups is 1. The van der Waals surface area contributed by atoms with Crippen molar-refractivity contribution in [3.05, 3.63) is 57.9 Å². The number of nitrogens with zero attached hydrogens (tertiary/aromatic N) is 3. The van der Waals surface area contributed by atoms with Gasteiger partial charge in [0.25, 0.3) is 0 Å². The summed E-state index contributed by atoms with van der Waals surface area (Å²) in [4.78, 5) is 10.1. The molecule has 0 aliphatic rings. The average molecular weight is 259 g/mol. The number of hydrogen-bond acceptors (Lipinski definition) is 3. The van der Waals surface area contributed by atoms with Crippen LogP contribution in [0.5, 0.6) is 0 Å². The Morgan fingerprint density at radius 1 is 1.26 bits per heavy atom. The highest BCUT2D eigenvalue weighted by atomic mass is 16.6. The molecular formula is C14H17N3O2. The number of aromatic nitrogens is 2. The van der Waals surface area contributed by atoms with Crippen LogP contribution in [-0.4, -0.2) is 14.7 Å². The van der Waals surface area contributed by atoms with Crippen molar-refractivity contribution in [2.75, 3.05) is 0 Å². The van der Waals surface area contributed by atoms with Crippen molar-refractivity contribution in [1.82, 2.24) is 9.78 Å². The van der Waals surface area contributed by atoms with Crippen LogP contribution >= 0.6 is 0 Å². The van der Waals surface area contributed by atoms with Crippen molar-refractivity contribution in [2.24, 2.45) is 0 Å². The Labute approximate surface area is 112 Å². The zero-order chi connectivity index (χ0) is 14.0. The van der Waals surface area contributed by atoms with E-state index in [2.05, 4.69) is 38.0 Å². The van der Waals surface area contributed by atoms with Crippen LogP contribution in [0.15, 0.2) is 36.7 Å². The molecule has 0 unspecified atom stereocenters. The first kappa shape index (κ1) is 13.3. The first-order valence-electron chi connectivity index (χ1n) is 6.12. The summed E-state index contributed by atoms with van der Waals surface area (Å²) < 4.78 is 1.57. The molecule has 0 aliphatic heterocycles. The Morgan fingerprint density at radius 3 is 2.37 bits per heavy atom. The maximum Gasteiger partial charge on any atom is 0.307 e. The van der Waals surface area contributed by atoms with Gasteiger partial charge in [-0.1, -0.05) is 45.0 Å². The second-order valence-electron chi connectivity index (χ2n) is 5.60. The van der Waals surface area contributed by atoms with Crippen LogP contribution < -0.4 is 0 Å². The largest absolute Gasteiger partial charge is 0.307 e. The third-order valence-corrected chi connectivity index (χ3v) is 2.99. The Morgan fingerprint density at radius 2 is 1.89 bits per heavy atom. The topological polar surface area (TPSA) is 61.0 Å². The molecule has 2 rings (SSSR count). The fourth-order valence-corrected chi connectivity index (χ4v) is 1.83. The van der Waals surface area contributed by atoms with Crippen LogP contribution in [0.25, 0.3) is 0 Å². The summed E-state index contributed by atoms with van der Waals surface area (Å²) >= 11 is 0. The molecule has 0 bridgehead atoms. The van der Waals surface area contributed by atoms with Gasteiger partial charge in [0.1, 0.15) is 12.4 Å². The van der Waals surface area contributed by atoms with Gasteiger partial charge in [-0.3, -0.25) is 14.8 Å². The Bertz CT molecular complexity index is 579. The van der Waals surface area contributed by atoms with Crippen LogP contribution in [0, 0.1) is 10.1 Å². The van der Waals surface area contributed by atoms with E-state index in [1.807, 2.05) is 12.1 Å². The summed E-state index contributed by atoms with van der Waals surface area (Å²) in [6, 6.07) is 8.25. The predicted octanol–water partition coefficient (Wildman–Crippen LogP) is 3.14. The first-order valence-corrected chi connectivity index (χ1v) is 6.12. The van der Waals surface area contributed by atoms with Crippen molar-refractivity contribution < 1.29 is 4.92 Å². The van der Waals surface area contributed by atoms with E-state index in [1.165, 1.54) is 18.0 Å². The minimum Gasteiger partial charge on any atom is -0.261 e. The van der Waals surface area contributed by atoms with Crippen molar-refractivity contribution in [3.8, 4) is 0 Å². The molecule has 0 atom stereocenters. The first-order chi connectivity index (χ1) is 8.86. The highest BCUT2D eigenvalue weighted by Gasteiger charge is 2.13. The van der Waals surface area contributed by atoms with Gasteiger partial charge in [0.2, 0.25) is 0 Å². The predicted molar refractivity (Wildman–Crippen MR) is 73.1 cm³/mol. The summed E-state index contributed by atoms with van der Waals surface area (Å²) in [5.74, 6) is 0. The normalized spacial score (nSPS) is 11.5. The van der Waals surface area contributed by atoms with E-state index in [4.69, 9.17) is 0 Å². The lowest BCUT2D eigenvalue weighted by atomic mass is 9.87. The minimum atomic E-state index is -0.438. The Kier molecular flexibility index (Phi) is 3.38. The van der Waals surface area contributed by atoms with Crippen molar-refractivity contribution in [3.63, 3.8) is 0 Å². The van der Waals surface area contributed by atoms with Crippen molar-refractivity contribution in [2.45, 2.75) is 32.7 Å². The second-order valence-corrected chi connectivity index (χ2v) is 5.60. The van der Waals surface area contributed by atoms with Gasteiger partial charge < -0.3 is 0 Å². The lowest BCUT2D eigenvalue weighted by Gasteiger charge is -2.19. The van der Waals surface area contributed by atoms with Crippen LogP contribution in [0.4, 0.5) is 5.69 Å². The molecule has 19 heavy (non-hydrogen) atoms. The summed E-state index contributed by atoms with van der Waals surface area (Å²) in [5.41, 5.74) is 2.49. The van der Waals surface area contributed by atoms with Crippen LogP contribution in [-0.2, 0) is 12.0 Å². The molecule has 0 amide bonds. The molecule has 0 fully saturated rings. The molecule has 0 aliphatic carbocycles. The third-order valence-electron chi connectivity index (χ3n) is 2.99. The van der Waals surface area contributed by atoms with E-state index >= 15 is 0 Å². The van der Waals surface area contributed by atoms with Gasteiger partial charge in [-0.15, -0.1) is 0 Å². The average Bonchev–Trinajstić information content (AvgIpc) is 2.77. The molecule has 0 N–H and O–H groups in total. The maximum absolute atomic E-state index is 10.6. The number of rotatable bonds is 3. The number of benzene rings is 1. The van der Waals surface area contributed by atoms with Gasteiger partial charge in [0.15, 0.2) is 0 Å². The van der Waals surface area contributed by atoms with E-state index in [0.717, 1.165) is 5.56 Å². The van der Waals surface area contributed by atoms with Gasteiger partial charge in [-0.25, -0.2) is 0 Å². The molecule has 5 nitrogen and oxygen atoms in total. The fraction of sp³-hybridized carbons (Fsp3) is 0.357. The van der Waals surface area contributed by atoms with E-state index in [9.17, 15) is 10.1 Å². The van der Waals surface area contributed by atoms with Crippen molar-refractivity contribution in [1.29, 1.82) is 0 Å². The summed E-state index contributed by atoms with van der Waals surface area (Å²) in [6.07, 6.45) is 2.71. The van der Waals surface area contributed by atoms with E-state index in [-0.39, 0.29) is 11.1 Å². The molecule has 0 radical (unpaired) electrons. The lowest BCUT2D eigenvalue weighted by molar-refractivity contribution is -0.385. The van der Waals surface area contributed by atoms with Gasteiger partial charge in [-0.2, -0.15) is 5.10 Å². The smallest absolute Gasteiger partial charge is 0.261 e. The zero-order valence-corrected chi connectivity index (χ0v) is 11.3. The SMILES string of the molecule is CC(C)(C)c1ccc(Cn2cc([N+](=O)[O-])cn2)cc1. The molecule has 0 saturated heterocycles. The quantitative estimate of drug-likeness (QED) is 0.628. The van der Waals surface area contributed by atoms with Crippen LogP contribution in [0.2, 0.25) is 0 Å². The summed E-state index contributed by atoms with van der Waals surface area (Å²) in [5, 5.41) is 14.6. The van der Waals surface area contributed by atoms with Crippen LogP contribution in [0.1, 0.15) is 31.9 Å². The Hall–Kier alpha value is -2.17. The van der Waals surface area contributed by atoms with Gasteiger partial charge in [0.05, 0.1) is 11.5 Å². The van der Waals surface area contributed by atoms with Gasteiger partial charge in [-0.05, 0) is 16.5 Å². The van der Waals surface area contributed by atoms with Gasteiger partial charge in [0, 0.05) is 0 Å². The lowest BCUT2D eigenvalue weighted by Crippen LogP contribution is -2.11. The monoisotopic (exact) mass is 259 g/mol. The number of hydrogen-bond donors (Lipinski definition) is 0.